The van der Waals surface area contributed by atoms with E-state index in [0.29, 0.717) is 28.3 Å². The molecule has 1 amide bonds. The highest BCUT2D eigenvalue weighted by Crippen LogP contribution is 2.31. The maximum atomic E-state index is 13.2. The molecule has 0 bridgehead atoms. The Morgan fingerprint density at radius 2 is 1.85 bits per heavy atom. The number of benzene rings is 2. The Bertz CT molecular complexity index is 1180. The van der Waals surface area contributed by atoms with Gasteiger partial charge < -0.3 is 5.73 Å². The Hall–Kier alpha value is -2.64. The maximum absolute atomic E-state index is 13.2. The third-order valence-corrected chi connectivity index (χ3v) is 6.40. The van der Waals surface area contributed by atoms with Gasteiger partial charge >= 0.3 is 0 Å². The molecule has 0 aliphatic carbocycles. The fourth-order valence-electron chi connectivity index (χ4n) is 2.98. The SMILES string of the molecule is NC(=O)CSc1nc2c(sc3ccccc32)c(=O)n1CCc1ccccc1. The molecule has 2 aromatic carbocycles. The van der Waals surface area contributed by atoms with E-state index in [1.54, 1.807) is 4.57 Å². The van der Waals surface area contributed by atoms with Gasteiger partial charge in [0.2, 0.25) is 5.91 Å². The van der Waals surface area contributed by atoms with E-state index in [2.05, 4.69) is 0 Å². The Morgan fingerprint density at radius 1 is 1.11 bits per heavy atom. The Balaban J connectivity index is 1.82. The van der Waals surface area contributed by atoms with Crippen LogP contribution < -0.4 is 11.3 Å². The van der Waals surface area contributed by atoms with Crippen LogP contribution in [0.4, 0.5) is 0 Å². The van der Waals surface area contributed by atoms with Crippen LogP contribution in [0.3, 0.4) is 0 Å². The van der Waals surface area contributed by atoms with Gasteiger partial charge in [0.15, 0.2) is 5.16 Å². The van der Waals surface area contributed by atoms with Crippen molar-refractivity contribution in [3.63, 3.8) is 0 Å². The quantitative estimate of drug-likeness (QED) is 0.401. The summed E-state index contributed by atoms with van der Waals surface area (Å²) in [6.07, 6.45) is 0.711. The van der Waals surface area contributed by atoms with Gasteiger partial charge in [-0.05, 0) is 18.1 Å². The third kappa shape index (κ3) is 3.61. The number of hydrogen-bond acceptors (Lipinski definition) is 5. The first kappa shape index (κ1) is 17.8. The molecule has 7 heteroatoms. The van der Waals surface area contributed by atoms with Crippen molar-refractivity contribution in [1.82, 2.24) is 9.55 Å². The lowest BCUT2D eigenvalue weighted by atomic mass is 10.1. The molecule has 0 aliphatic heterocycles. The summed E-state index contributed by atoms with van der Waals surface area (Å²) in [6, 6.07) is 17.8. The van der Waals surface area contributed by atoms with Crippen molar-refractivity contribution in [1.29, 1.82) is 0 Å². The minimum Gasteiger partial charge on any atom is -0.369 e. The number of fused-ring (bicyclic) bond motifs is 3. The summed E-state index contributed by atoms with van der Waals surface area (Å²) >= 11 is 2.67. The van der Waals surface area contributed by atoms with Gasteiger partial charge in [-0.2, -0.15) is 0 Å². The number of amides is 1. The first-order valence-corrected chi connectivity index (χ1v) is 10.3. The molecule has 0 fully saturated rings. The zero-order valence-electron chi connectivity index (χ0n) is 14.4. The molecule has 0 saturated carbocycles. The fraction of sp³-hybridized carbons (Fsp3) is 0.150. The number of aryl methyl sites for hydroxylation is 1. The lowest BCUT2D eigenvalue weighted by Gasteiger charge is -2.11. The lowest BCUT2D eigenvalue weighted by Crippen LogP contribution is -2.24. The Kier molecular flexibility index (Phi) is 4.96. The van der Waals surface area contributed by atoms with Crippen LogP contribution in [0.5, 0.6) is 0 Å². The predicted octanol–water partition coefficient (Wildman–Crippen LogP) is 3.43. The molecule has 27 heavy (non-hydrogen) atoms. The number of nitrogens with zero attached hydrogens (tertiary/aromatic N) is 2. The molecular formula is C20H17N3O2S2. The van der Waals surface area contributed by atoms with Crippen molar-refractivity contribution in [3.8, 4) is 0 Å². The highest BCUT2D eigenvalue weighted by atomic mass is 32.2. The minimum absolute atomic E-state index is 0.0656. The molecule has 136 valence electrons. The van der Waals surface area contributed by atoms with Crippen LogP contribution in [0.1, 0.15) is 5.56 Å². The molecule has 2 N–H and O–H groups in total. The average Bonchev–Trinajstić information content (AvgIpc) is 3.05. The number of carbonyl (C=O) groups is 1. The highest BCUT2D eigenvalue weighted by Gasteiger charge is 2.16. The predicted molar refractivity (Wildman–Crippen MR) is 111 cm³/mol. The summed E-state index contributed by atoms with van der Waals surface area (Å²) in [5, 5.41) is 1.50. The molecule has 2 aromatic heterocycles. The number of carbonyl (C=O) groups excluding carboxylic acids is 1. The topological polar surface area (TPSA) is 78.0 Å². The number of thioether (sulfide) groups is 1. The zero-order valence-corrected chi connectivity index (χ0v) is 16.1. The number of rotatable bonds is 6. The second kappa shape index (κ2) is 7.54. The fourth-order valence-corrected chi connectivity index (χ4v) is 4.83. The van der Waals surface area contributed by atoms with Crippen molar-refractivity contribution in [3.05, 3.63) is 70.5 Å². The number of primary amides is 1. The van der Waals surface area contributed by atoms with Gasteiger partial charge in [0, 0.05) is 16.6 Å². The van der Waals surface area contributed by atoms with Crippen molar-refractivity contribution in [2.45, 2.75) is 18.1 Å². The summed E-state index contributed by atoms with van der Waals surface area (Å²) in [6.45, 7) is 0.501. The second-order valence-corrected chi connectivity index (χ2v) is 8.11. The Labute approximate surface area is 163 Å². The van der Waals surface area contributed by atoms with Crippen LogP contribution in [0, 0.1) is 0 Å². The van der Waals surface area contributed by atoms with E-state index in [1.165, 1.54) is 23.1 Å². The highest BCUT2D eigenvalue weighted by molar-refractivity contribution is 7.99. The molecule has 0 radical (unpaired) electrons. The third-order valence-electron chi connectivity index (χ3n) is 4.26. The smallest absolute Gasteiger partial charge is 0.272 e. The standard InChI is InChI=1S/C20H17N3O2S2/c21-16(24)12-26-20-22-17-14-8-4-5-9-15(14)27-18(17)19(25)23(20)11-10-13-6-2-1-3-7-13/h1-9H,10-12H2,(H2,21,24). The molecule has 0 unspecified atom stereocenters. The van der Waals surface area contributed by atoms with E-state index in [-0.39, 0.29) is 11.3 Å². The summed E-state index contributed by atoms with van der Waals surface area (Å²) in [7, 11) is 0. The van der Waals surface area contributed by atoms with Gasteiger partial charge in [-0.25, -0.2) is 4.98 Å². The van der Waals surface area contributed by atoms with E-state index in [0.717, 1.165) is 15.6 Å². The van der Waals surface area contributed by atoms with Crippen LogP contribution in [0.25, 0.3) is 20.3 Å². The number of thiophene rings is 1. The van der Waals surface area contributed by atoms with Crippen LogP contribution in [0.2, 0.25) is 0 Å². The van der Waals surface area contributed by atoms with E-state index < -0.39 is 5.91 Å². The van der Waals surface area contributed by atoms with Crippen LogP contribution in [0.15, 0.2) is 64.5 Å². The molecule has 4 aromatic rings. The van der Waals surface area contributed by atoms with Crippen LogP contribution in [-0.4, -0.2) is 21.2 Å². The lowest BCUT2D eigenvalue weighted by molar-refractivity contribution is -0.115. The normalized spacial score (nSPS) is 11.3. The van der Waals surface area contributed by atoms with Crippen LogP contribution in [-0.2, 0) is 17.8 Å². The van der Waals surface area contributed by atoms with Crippen molar-refractivity contribution in [2.75, 3.05) is 5.75 Å². The molecule has 0 spiro atoms. The number of aromatic nitrogens is 2. The van der Waals surface area contributed by atoms with Gasteiger partial charge in [-0.3, -0.25) is 14.2 Å². The van der Waals surface area contributed by atoms with E-state index in [9.17, 15) is 9.59 Å². The summed E-state index contributed by atoms with van der Waals surface area (Å²) in [4.78, 5) is 29.2. The van der Waals surface area contributed by atoms with E-state index in [4.69, 9.17) is 10.7 Å². The monoisotopic (exact) mass is 395 g/mol. The van der Waals surface area contributed by atoms with Gasteiger partial charge in [-0.15, -0.1) is 11.3 Å². The molecule has 4 rings (SSSR count). The first-order valence-electron chi connectivity index (χ1n) is 8.50. The second-order valence-electron chi connectivity index (χ2n) is 6.12. The molecule has 5 nitrogen and oxygen atoms in total. The van der Waals surface area contributed by atoms with Gasteiger partial charge in [0.25, 0.3) is 5.56 Å². The van der Waals surface area contributed by atoms with E-state index >= 15 is 0 Å². The first-order chi connectivity index (χ1) is 13.1. The molecule has 0 atom stereocenters. The van der Waals surface area contributed by atoms with Crippen molar-refractivity contribution >= 4 is 49.3 Å². The van der Waals surface area contributed by atoms with Crippen LogP contribution >= 0.6 is 23.1 Å². The minimum atomic E-state index is -0.431. The summed E-state index contributed by atoms with van der Waals surface area (Å²) < 4.78 is 3.34. The largest absolute Gasteiger partial charge is 0.369 e. The Morgan fingerprint density at radius 3 is 2.63 bits per heavy atom. The summed E-state index contributed by atoms with van der Waals surface area (Å²) in [5.41, 5.74) is 7.08. The van der Waals surface area contributed by atoms with Gasteiger partial charge in [-0.1, -0.05) is 60.3 Å². The van der Waals surface area contributed by atoms with E-state index in [1.807, 2.05) is 54.6 Å². The van der Waals surface area contributed by atoms with Gasteiger partial charge in [0.1, 0.15) is 4.70 Å². The van der Waals surface area contributed by atoms with Crippen molar-refractivity contribution in [2.24, 2.45) is 5.73 Å². The summed E-state index contributed by atoms with van der Waals surface area (Å²) in [5.74, 6) is -0.343. The molecule has 2 heterocycles. The maximum Gasteiger partial charge on any atom is 0.272 e. The number of nitrogens with two attached hydrogens (primary N) is 1. The average molecular weight is 396 g/mol. The molecule has 0 saturated heterocycles. The van der Waals surface area contributed by atoms with Crippen molar-refractivity contribution < 1.29 is 4.79 Å². The molecule has 0 aliphatic rings. The molecular weight excluding hydrogens is 378 g/mol. The number of hydrogen-bond donors (Lipinski definition) is 1. The van der Waals surface area contributed by atoms with Gasteiger partial charge in [0.05, 0.1) is 11.3 Å². The zero-order chi connectivity index (χ0) is 18.8.